The van der Waals surface area contributed by atoms with E-state index in [4.69, 9.17) is 10.8 Å². The van der Waals surface area contributed by atoms with E-state index in [1.54, 1.807) is 0 Å². The average Bonchev–Trinajstić information content (AvgIpc) is 1.94. The monoisotopic (exact) mass is 186 g/mol. The van der Waals surface area contributed by atoms with Crippen LogP contribution in [0.25, 0.3) is 0 Å². The first-order valence-corrected chi connectivity index (χ1v) is 4.79. The number of likely N-dealkylation sites (N-methyl/N-ethyl adjacent to an activating group) is 1. The summed E-state index contributed by atoms with van der Waals surface area (Å²) >= 11 is 0. The van der Waals surface area contributed by atoms with Crippen LogP contribution >= 0.6 is 0 Å². The largest absolute Gasteiger partial charge is 0.481 e. The summed E-state index contributed by atoms with van der Waals surface area (Å²) in [5.41, 5.74) is 5.80. The minimum atomic E-state index is -0.813. The number of aliphatic carboxylic acids is 1. The van der Waals surface area contributed by atoms with Crippen molar-refractivity contribution < 1.29 is 9.90 Å². The molecule has 0 bridgehead atoms. The maximum atomic E-state index is 10.5. The second-order valence-corrected chi connectivity index (χ2v) is 3.77. The summed E-state index contributed by atoms with van der Waals surface area (Å²) in [6.07, 6.45) is 3.67. The van der Waals surface area contributed by atoms with Crippen molar-refractivity contribution in [2.45, 2.75) is 37.8 Å². The van der Waals surface area contributed by atoms with Crippen molar-refractivity contribution in [2.24, 2.45) is 11.7 Å². The van der Waals surface area contributed by atoms with Gasteiger partial charge in [0.05, 0.1) is 6.42 Å². The molecule has 0 aliphatic heterocycles. The Kier molecular flexibility index (Phi) is 3.69. The molecule has 2 atom stereocenters. The lowest BCUT2D eigenvalue weighted by Gasteiger charge is -2.36. The summed E-state index contributed by atoms with van der Waals surface area (Å²) in [4.78, 5) is 10.5. The quantitative estimate of drug-likeness (QED) is 0.572. The summed E-state index contributed by atoms with van der Waals surface area (Å²) in [6.45, 7) is 0. The van der Waals surface area contributed by atoms with Crippen LogP contribution in [-0.4, -0.2) is 30.2 Å². The smallest absolute Gasteiger partial charge is 0.304 e. The lowest BCUT2D eigenvalue weighted by atomic mass is 9.76. The van der Waals surface area contributed by atoms with E-state index >= 15 is 0 Å². The highest BCUT2D eigenvalue weighted by atomic mass is 16.4. The van der Waals surface area contributed by atoms with Crippen molar-refractivity contribution in [1.82, 2.24) is 5.32 Å². The summed E-state index contributed by atoms with van der Waals surface area (Å²) in [7, 11) is 1.85. The zero-order valence-electron chi connectivity index (χ0n) is 7.99. The molecule has 2 unspecified atom stereocenters. The molecule has 76 valence electrons. The van der Waals surface area contributed by atoms with Gasteiger partial charge in [-0.05, 0) is 25.8 Å². The van der Waals surface area contributed by atoms with Crippen molar-refractivity contribution in [3.63, 3.8) is 0 Å². The Morgan fingerprint density at radius 1 is 1.69 bits per heavy atom. The van der Waals surface area contributed by atoms with Crippen molar-refractivity contribution in [1.29, 1.82) is 0 Å². The molecule has 1 fully saturated rings. The van der Waals surface area contributed by atoms with Gasteiger partial charge in [-0.15, -0.1) is 0 Å². The fraction of sp³-hybridized carbons (Fsp3) is 0.889. The minimum Gasteiger partial charge on any atom is -0.481 e. The van der Waals surface area contributed by atoms with Crippen LogP contribution in [0.15, 0.2) is 0 Å². The third-order valence-electron chi connectivity index (χ3n) is 2.86. The number of carboxylic acid groups (broad SMARTS) is 1. The summed E-state index contributed by atoms with van der Waals surface area (Å²) in [6, 6.07) is -0.0855. The molecule has 1 saturated carbocycles. The normalized spacial score (nSPS) is 22.0. The third kappa shape index (κ3) is 2.67. The van der Waals surface area contributed by atoms with Gasteiger partial charge in [0, 0.05) is 12.1 Å². The lowest BCUT2D eigenvalue weighted by molar-refractivity contribution is -0.137. The summed E-state index contributed by atoms with van der Waals surface area (Å²) < 4.78 is 0. The Hall–Kier alpha value is -0.610. The standard InChI is InChI=1S/C9H18N2O2/c1-11-9(6-3-2-4-6)7(10)5-8(12)13/h6-7,9,11H,2-5,10H2,1H3,(H,12,13). The Labute approximate surface area is 78.5 Å². The van der Waals surface area contributed by atoms with Crippen LogP contribution < -0.4 is 11.1 Å². The molecule has 13 heavy (non-hydrogen) atoms. The second kappa shape index (κ2) is 4.58. The molecule has 1 rings (SSSR count). The second-order valence-electron chi connectivity index (χ2n) is 3.77. The zero-order chi connectivity index (χ0) is 9.84. The zero-order valence-corrected chi connectivity index (χ0v) is 7.99. The van der Waals surface area contributed by atoms with E-state index in [1.807, 2.05) is 7.05 Å². The van der Waals surface area contributed by atoms with Gasteiger partial charge >= 0.3 is 5.97 Å². The lowest BCUT2D eigenvalue weighted by Crippen LogP contribution is -2.51. The average molecular weight is 186 g/mol. The van der Waals surface area contributed by atoms with Gasteiger partial charge in [-0.2, -0.15) is 0 Å². The van der Waals surface area contributed by atoms with E-state index in [0.29, 0.717) is 5.92 Å². The topological polar surface area (TPSA) is 75.3 Å². The van der Waals surface area contributed by atoms with E-state index < -0.39 is 5.97 Å². The van der Waals surface area contributed by atoms with Crippen LogP contribution in [0.3, 0.4) is 0 Å². The highest BCUT2D eigenvalue weighted by Gasteiger charge is 2.31. The molecule has 1 aliphatic carbocycles. The minimum absolute atomic E-state index is 0.0575. The molecule has 0 radical (unpaired) electrons. The highest BCUT2D eigenvalue weighted by Crippen LogP contribution is 2.30. The number of carbonyl (C=O) groups is 1. The van der Waals surface area contributed by atoms with Crippen LogP contribution in [0.4, 0.5) is 0 Å². The van der Waals surface area contributed by atoms with Gasteiger partial charge in [0.25, 0.3) is 0 Å². The van der Waals surface area contributed by atoms with Gasteiger partial charge in [-0.3, -0.25) is 4.79 Å². The van der Waals surface area contributed by atoms with E-state index in [9.17, 15) is 4.79 Å². The Bertz CT molecular complexity index is 180. The number of rotatable bonds is 5. The van der Waals surface area contributed by atoms with Gasteiger partial charge in [-0.25, -0.2) is 0 Å². The fourth-order valence-corrected chi connectivity index (χ4v) is 1.93. The van der Waals surface area contributed by atoms with Crippen LogP contribution in [0.1, 0.15) is 25.7 Å². The van der Waals surface area contributed by atoms with Crippen LogP contribution in [0, 0.1) is 5.92 Å². The Morgan fingerprint density at radius 2 is 2.31 bits per heavy atom. The number of nitrogens with one attached hydrogen (secondary N) is 1. The first kappa shape index (κ1) is 10.5. The number of nitrogens with two attached hydrogens (primary N) is 1. The first-order chi connectivity index (χ1) is 6.15. The molecule has 0 spiro atoms. The van der Waals surface area contributed by atoms with Crippen molar-refractivity contribution in [2.75, 3.05) is 7.05 Å². The maximum Gasteiger partial charge on any atom is 0.304 e. The van der Waals surface area contributed by atoms with Crippen LogP contribution in [0.5, 0.6) is 0 Å². The maximum absolute atomic E-state index is 10.5. The molecular weight excluding hydrogens is 168 g/mol. The van der Waals surface area contributed by atoms with Gasteiger partial charge in [0.15, 0.2) is 0 Å². The van der Waals surface area contributed by atoms with E-state index in [0.717, 1.165) is 0 Å². The predicted molar refractivity (Wildman–Crippen MR) is 50.4 cm³/mol. The molecule has 0 aromatic carbocycles. The molecule has 4 nitrogen and oxygen atoms in total. The SMILES string of the molecule is CNC(C(N)CC(=O)O)C1CCC1. The van der Waals surface area contributed by atoms with Gasteiger partial charge in [0.1, 0.15) is 0 Å². The molecule has 1 aliphatic rings. The van der Waals surface area contributed by atoms with E-state index in [-0.39, 0.29) is 18.5 Å². The molecular formula is C9H18N2O2. The molecule has 0 aromatic heterocycles. The summed E-state index contributed by atoms with van der Waals surface area (Å²) in [5, 5.41) is 11.7. The fourth-order valence-electron chi connectivity index (χ4n) is 1.93. The Morgan fingerprint density at radius 3 is 2.62 bits per heavy atom. The molecule has 0 heterocycles. The number of carboxylic acids is 1. The van der Waals surface area contributed by atoms with Gasteiger partial charge < -0.3 is 16.2 Å². The van der Waals surface area contributed by atoms with Crippen molar-refractivity contribution >= 4 is 5.97 Å². The van der Waals surface area contributed by atoms with Crippen molar-refractivity contribution in [3.8, 4) is 0 Å². The molecule has 0 saturated heterocycles. The van der Waals surface area contributed by atoms with Crippen molar-refractivity contribution in [3.05, 3.63) is 0 Å². The molecule has 4 N–H and O–H groups in total. The number of hydrogen-bond donors (Lipinski definition) is 3. The highest BCUT2D eigenvalue weighted by molar-refractivity contribution is 5.67. The van der Waals surface area contributed by atoms with Crippen LogP contribution in [0.2, 0.25) is 0 Å². The first-order valence-electron chi connectivity index (χ1n) is 4.79. The van der Waals surface area contributed by atoms with E-state index in [2.05, 4.69) is 5.32 Å². The molecule has 0 aromatic rings. The Balaban J connectivity index is 2.39. The number of hydrogen-bond acceptors (Lipinski definition) is 3. The van der Waals surface area contributed by atoms with E-state index in [1.165, 1.54) is 19.3 Å². The van der Waals surface area contributed by atoms with Gasteiger partial charge in [-0.1, -0.05) is 6.42 Å². The van der Waals surface area contributed by atoms with Crippen LogP contribution in [-0.2, 0) is 4.79 Å². The molecule has 0 amide bonds. The van der Waals surface area contributed by atoms with Gasteiger partial charge in [0.2, 0.25) is 0 Å². The molecule has 4 heteroatoms. The summed E-state index contributed by atoms with van der Waals surface area (Å²) in [5.74, 6) is -0.230. The third-order valence-corrected chi connectivity index (χ3v) is 2.86. The predicted octanol–water partition coefficient (Wildman–Crippen LogP) is 0.177.